The summed E-state index contributed by atoms with van der Waals surface area (Å²) < 4.78 is 5.91. The number of carbonyl (C=O) groups excluding carboxylic acids is 4. The Morgan fingerprint density at radius 1 is 0.864 bits per heavy atom. The number of aromatic amines is 1. The van der Waals surface area contributed by atoms with Gasteiger partial charge in [0.1, 0.15) is 23.9 Å². The molecular formula is C45H61N7O7. The highest BCUT2D eigenvalue weighted by Gasteiger charge is 2.41. The number of hydrogen-bond donors (Lipinski definition) is 7. The number of fused-ring (bicyclic) bond motifs is 1. The van der Waals surface area contributed by atoms with E-state index in [-0.39, 0.29) is 37.3 Å². The highest BCUT2D eigenvalue weighted by atomic mass is 16.5. The van der Waals surface area contributed by atoms with Crippen LogP contribution < -0.4 is 26.0 Å². The molecule has 1 aliphatic carbocycles. The van der Waals surface area contributed by atoms with Crippen LogP contribution in [-0.2, 0) is 32.1 Å². The molecule has 1 fully saturated rings. The third-order valence-corrected chi connectivity index (χ3v) is 11.5. The van der Waals surface area contributed by atoms with Gasteiger partial charge in [0.05, 0.1) is 36.6 Å². The molecule has 4 amide bonds. The number of aliphatic hydroxyl groups excluding tert-OH is 2. The summed E-state index contributed by atoms with van der Waals surface area (Å²) in [5.41, 5.74) is 1.27. The molecule has 7 atom stereocenters. The summed E-state index contributed by atoms with van der Waals surface area (Å²) in [5, 5.41) is 37.2. The number of amides is 4. The summed E-state index contributed by atoms with van der Waals surface area (Å²) in [6, 6.07) is 15.7. The van der Waals surface area contributed by atoms with Gasteiger partial charge >= 0.3 is 0 Å². The SMILES string of the molecule is CCC(C)[C@H](NC(=O)[C@H](C(C)C)[C@@H](O)[C@H](O)[C@H](CC1CCCCC1)NC(=O)[C@H](Cc1cnc[nH]1)NC(=O)COc1cccc2ccccc12)C(=O)NCc1ccccn1. The van der Waals surface area contributed by atoms with Crippen molar-refractivity contribution in [3.8, 4) is 5.75 Å². The molecule has 14 nitrogen and oxygen atoms in total. The zero-order valence-corrected chi connectivity index (χ0v) is 34.6. The summed E-state index contributed by atoms with van der Waals surface area (Å²) in [6.45, 7) is 7.16. The highest BCUT2D eigenvalue weighted by molar-refractivity contribution is 5.91. The maximum absolute atomic E-state index is 14.2. The first-order valence-electron chi connectivity index (χ1n) is 21.0. The lowest BCUT2D eigenvalue weighted by Crippen LogP contribution is -2.59. The van der Waals surface area contributed by atoms with Gasteiger partial charge in [-0.1, -0.05) is 109 Å². The van der Waals surface area contributed by atoms with E-state index in [9.17, 15) is 29.4 Å². The van der Waals surface area contributed by atoms with Gasteiger partial charge in [-0.3, -0.25) is 24.2 Å². The van der Waals surface area contributed by atoms with Crippen molar-refractivity contribution < 1.29 is 34.1 Å². The molecular weight excluding hydrogens is 751 g/mol. The summed E-state index contributed by atoms with van der Waals surface area (Å²) in [4.78, 5) is 66.5. The number of ether oxygens (including phenoxy) is 1. The van der Waals surface area contributed by atoms with Crippen molar-refractivity contribution in [1.82, 2.24) is 36.2 Å². The predicted octanol–water partition coefficient (Wildman–Crippen LogP) is 4.36. The van der Waals surface area contributed by atoms with Crippen molar-refractivity contribution in [3.63, 3.8) is 0 Å². The Bertz CT molecular complexity index is 1930. The van der Waals surface area contributed by atoms with Crippen molar-refractivity contribution in [2.45, 2.75) is 116 Å². The van der Waals surface area contributed by atoms with Crippen LogP contribution >= 0.6 is 0 Å². The monoisotopic (exact) mass is 811 g/mol. The summed E-state index contributed by atoms with van der Waals surface area (Å²) >= 11 is 0. The van der Waals surface area contributed by atoms with Crippen molar-refractivity contribution in [2.75, 3.05) is 6.61 Å². The lowest BCUT2D eigenvalue weighted by molar-refractivity contribution is -0.141. The van der Waals surface area contributed by atoms with Crippen molar-refractivity contribution in [3.05, 3.63) is 90.8 Å². The topological polar surface area (TPSA) is 208 Å². The molecule has 318 valence electrons. The van der Waals surface area contributed by atoms with Crippen LogP contribution in [0.4, 0.5) is 0 Å². The Kier molecular flexibility index (Phi) is 16.8. The fraction of sp³-hybridized carbons (Fsp3) is 0.511. The molecule has 0 spiro atoms. The second-order valence-electron chi connectivity index (χ2n) is 16.2. The molecule has 14 heteroatoms. The third-order valence-electron chi connectivity index (χ3n) is 11.5. The smallest absolute Gasteiger partial charge is 0.258 e. The molecule has 0 saturated heterocycles. The molecule has 2 heterocycles. The molecule has 1 aliphatic rings. The minimum absolute atomic E-state index is 0.0665. The highest BCUT2D eigenvalue weighted by Crippen LogP contribution is 2.30. The lowest BCUT2D eigenvalue weighted by atomic mass is 9.79. The van der Waals surface area contributed by atoms with E-state index in [1.807, 2.05) is 56.3 Å². The molecule has 7 N–H and O–H groups in total. The number of nitrogens with zero attached hydrogens (tertiary/aromatic N) is 2. The molecule has 0 radical (unpaired) electrons. The average molecular weight is 812 g/mol. The number of aliphatic hydroxyl groups is 2. The van der Waals surface area contributed by atoms with Crippen LogP contribution in [0.3, 0.4) is 0 Å². The molecule has 2 aromatic carbocycles. The Morgan fingerprint density at radius 3 is 2.31 bits per heavy atom. The van der Waals surface area contributed by atoms with E-state index in [1.165, 1.54) is 6.33 Å². The molecule has 1 unspecified atom stereocenters. The van der Waals surface area contributed by atoms with Crippen molar-refractivity contribution in [2.24, 2.45) is 23.7 Å². The van der Waals surface area contributed by atoms with Gasteiger partial charge < -0.3 is 41.2 Å². The number of pyridine rings is 1. The quantitative estimate of drug-likeness (QED) is 0.0637. The van der Waals surface area contributed by atoms with Crippen molar-refractivity contribution in [1.29, 1.82) is 0 Å². The van der Waals surface area contributed by atoms with Crippen molar-refractivity contribution >= 4 is 34.4 Å². The molecule has 0 bridgehead atoms. The van der Waals surface area contributed by atoms with Gasteiger partial charge in [0.15, 0.2) is 6.61 Å². The number of nitrogens with one attached hydrogen (secondary N) is 5. The molecule has 5 rings (SSSR count). The second kappa shape index (κ2) is 22.1. The summed E-state index contributed by atoms with van der Waals surface area (Å²) in [6.07, 6.45) is 7.45. The van der Waals surface area contributed by atoms with Gasteiger partial charge in [0, 0.05) is 29.9 Å². The maximum atomic E-state index is 14.2. The molecule has 1 saturated carbocycles. The van der Waals surface area contributed by atoms with E-state index >= 15 is 0 Å². The second-order valence-corrected chi connectivity index (χ2v) is 16.2. The van der Waals surface area contributed by atoms with Crippen LogP contribution in [0.2, 0.25) is 0 Å². The van der Waals surface area contributed by atoms with Gasteiger partial charge in [-0.25, -0.2) is 4.98 Å². The largest absolute Gasteiger partial charge is 0.483 e. The van der Waals surface area contributed by atoms with E-state index in [0.717, 1.165) is 42.9 Å². The van der Waals surface area contributed by atoms with E-state index in [4.69, 9.17) is 4.74 Å². The maximum Gasteiger partial charge on any atom is 0.258 e. The molecule has 0 aliphatic heterocycles. The molecule has 2 aromatic heterocycles. The minimum Gasteiger partial charge on any atom is -0.483 e. The van der Waals surface area contributed by atoms with E-state index < -0.39 is 59.9 Å². The number of rotatable bonds is 21. The van der Waals surface area contributed by atoms with Gasteiger partial charge in [-0.2, -0.15) is 0 Å². The average Bonchev–Trinajstić information content (AvgIpc) is 3.76. The number of imidazole rings is 1. The molecule has 59 heavy (non-hydrogen) atoms. The predicted molar refractivity (Wildman–Crippen MR) is 225 cm³/mol. The fourth-order valence-corrected chi connectivity index (χ4v) is 7.92. The standard InChI is InChI=1S/C45H61N7O7/c1-5-29(4)40(45(58)48-25-32-18-11-12-21-47-32)52-44(57)39(28(2)3)42(55)41(54)35(22-30-14-7-6-8-15-30)51-43(56)36(23-33-24-46-27-49-33)50-38(53)26-59-37-20-13-17-31-16-9-10-19-34(31)37/h9-13,16-21,24,27-30,35-36,39-42,54-55H,5-8,14-15,22-23,25-26H2,1-4H3,(H,46,49)(H,48,58)(H,50,53)(H,51,56)(H,52,57)/t29?,35-,36-,39+,40-,41+,42+/m0/s1. The number of H-pyrrole nitrogens is 1. The number of benzene rings is 2. The Balaban J connectivity index is 1.32. The number of hydrogen-bond acceptors (Lipinski definition) is 9. The van der Waals surface area contributed by atoms with Gasteiger partial charge in [0.2, 0.25) is 17.7 Å². The van der Waals surface area contributed by atoms with Crippen LogP contribution in [0.25, 0.3) is 10.8 Å². The first-order valence-corrected chi connectivity index (χ1v) is 21.0. The first-order chi connectivity index (χ1) is 28.4. The van der Waals surface area contributed by atoms with Gasteiger partial charge in [0.25, 0.3) is 5.91 Å². The van der Waals surface area contributed by atoms with Crippen LogP contribution in [0, 0.1) is 23.7 Å². The zero-order chi connectivity index (χ0) is 42.3. The van der Waals surface area contributed by atoms with Crippen LogP contribution in [0.15, 0.2) is 79.4 Å². The minimum atomic E-state index is -1.60. The van der Waals surface area contributed by atoms with E-state index in [0.29, 0.717) is 30.0 Å². The van der Waals surface area contributed by atoms with Crippen LogP contribution in [0.5, 0.6) is 5.75 Å². The summed E-state index contributed by atoms with van der Waals surface area (Å²) in [7, 11) is 0. The lowest BCUT2D eigenvalue weighted by Gasteiger charge is -2.37. The third kappa shape index (κ3) is 12.8. The normalized spacial score (nSPS) is 16.9. The Labute approximate surface area is 346 Å². The molecule has 4 aromatic rings. The van der Waals surface area contributed by atoms with Gasteiger partial charge in [-0.15, -0.1) is 0 Å². The van der Waals surface area contributed by atoms with E-state index in [1.54, 1.807) is 44.4 Å². The van der Waals surface area contributed by atoms with Crippen LogP contribution in [-0.4, -0.2) is 85.7 Å². The Hall–Kier alpha value is -5.34. The van der Waals surface area contributed by atoms with E-state index in [2.05, 4.69) is 36.2 Å². The Morgan fingerprint density at radius 2 is 1.61 bits per heavy atom. The number of aromatic nitrogens is 3. The number of carbonyl (C=O) groups is 4. The fourth-order valence-electron chi connectivity index (χ4n) is 7.92. The van der Waals surface area contributed by atoms with Gasteiger partial charge in [-0.05, 0) is 47.8 Å². The first kappa shape index (κ1) is 44.8. The van der Waals surface area contributed by atoms with Crippen LogP contribution in [0.1, 0.15) is 84.0 Å². The zero-order valence-electron chi connectivity index (χ0n) is 34.6. The summed E-state index contributed by atoms with van der Waals surface area (Å²) in [5.74, 6) is -3.19.